The summed E-state index contributed by atoms with van der Waals surface area (Å²) in [6.07, 6.45) is 4.71. The van der Waals surface area contributed by atoms with Crippen LogP contribution in [0.5, 0.6) is 0 Å². The number of fused-ring (bicyclic) bond motifs is 5. The molecule has 4 fully saturated rings. The summed E-state index contributed by atoms with van der Waals surface area (Å²) >= 11 is 0. The summed E-state index contributed by atoms with van der Waals surface area (Å²) < 4.78 is 0. The molecule has 1 heteroatoms. The van der Waals surface area contributed by atoms with Crippen molar-refractivity contribution in [1.82, 2.24) is 4.90 Å². The first kappa shape index (κ1) is 4.76. The molecule has 0 radical (unpaired) electrons. The van der Waals surface area contributed by atoms with E-state index in [9.17, 15) is 0 Å². The molecule has 2 saturated carbocycles. The normalized spacial score (nSPS) is 69.0. The highest BCUT2D eigenvalue weighted by molar-refractivity contribution is 5.16. The molecule has 0 amide bonds. The largest absolute Gasteiger partial charge is 0.297 e. The van der Waals surface area contributed by atoms with E-state index in [0.29, 0.717) is 0 Å². The molecular weight excluding hydrogens is 122 g/mol. The minimum absolute atomic E-state index is 1.08. The van der Waals surface area contributed by atoms with Gasteiger partial charge in [-0.25, -0.2) is 0 Å². The van der Waals surface area contributed by atoms with E-state index >= 15 is 0 Å². The first-order chi connectivity index (χ1) is 4.93. The van der Waals surface area contributed by atoms with Gasteiger partial charge in [0.2, 0.25) is 0 Å². The minimum Gasteiger partial charge on any atom is -0.297 e. The van der Waals surface area contributed by atoms with Crippen LogP contribution in [0.1, 0.15) is 19.3 Å². The van der Waals surface area contributed by atoms with Crippen molar-refractivity contribution in [1.29, 1.82) is 0 Å². The van der Waals surface area contributed by atoms with E-state index < -0.39 is 0 Å². The van der Waals surface area contributed by atoms with Gasteiger partial charge in [-0.2, -0.15) is 0 Å². The van der Waals surface area contributed by atoms with Crippen LogP contribution >= 0.6 is 0 Å². The van der Waals surface area contributed by atoms with E-state index in [-0.39, 0.29) is 0 Å². The lowest BCUT2D eigenvalue weighted by atomic mass is 10.1. The SMILES string of the molecule is C1C2CN3C4CC4CC3C12. The monoisotopic (exact) mass is 135 g/mol. The number of piperidine rings is 2. The van der Waals surface area contributed by atoms with Crippen molar-refractivity contribution in [3.05, 3.63) is 0 Å². The van der Waals surface area contributed by atoms with E-state index in [1.807, 2.05) is 0 Å². The summed E-state index contributed by atoms with van der Waals surface area (Å²) in [5, 5.41) is 0. The second-order valence-corrected chi connectivity index (χ2v) is 4.72. The van der Waals surface area contributed by atoms with Gasteiger partial charge in [0, 0.05) is 18.6 Å². The van der Waals surface area contributed by atoms with Gasteiger partial charge in [0.1, 0.15) is 0 Å². The van der Waals surface area contributed by atoms with Crippen molar-refractivity contribution in [2.24, 2.45) is 17.8 Å². The summed E-state index contributed by atoms with van der Waals surface area (Å²) in [5.41, 5.74) is 0. The Balaban J connectivity index is 1.75. The molecule has 2 heterocycles. The molecule has 4 rings (SSSR count). The van der Waals surface area contributed by atoms with Gasteiger partial charge in [-0.05, 0) is 37.0 Å². The first-order valence-electron chi connectivity index (χ1n) is 4.69. The number of nitrogens with zero attached hydrogens (tertiary/aromatic N) is 1. The van der Waals surface area contributed by atoms with Gasteiger partial charge in [0.15, 0.2) is 0 Å². The average Bonchev–Trinajstić information content (AvgIpc) is 2.76. The van der Waals surface area contributed by atoms with Crippen LogP contribution in [0.25, 0.3) is 0 Å². The second-order valence-electron chi connectivity index (χ2n) is 4.72. The molecule has 4 aliphatic rings. The van der Waals surface area contributed by atoms with E-state index in [1.165, 1.54) is 12.5 Å². The zero-order valence-electron chi connectivity index (χ0n) is 6.16. The third kappa shape index (κ3) is 0.378. The van der Waals surface area contributed by atoms with Crippen molar-refractivity contribution in [3.63, 3.8) is 0 Å². The van der Waals surface area contributed by atoms with E-state index in [4.69, 9.17) is 0 Å². The van der Waals surface area contributed by atoms with E-state index in [2.05, 4.69) is 4.90 Å². The summed E-state index contributed by atoms with van der Waals surface area (Å²) in [7, 11) is 0. The molecule has 1 nitrogen and oxygen atoms in total. The zero-order chi connectivity index (χ0) is 6.29. The van der Waals surface area contributed by atoms with Gasteiger partial charge in [0.05, 0.1) is 0 Å². The summed E-state index contributed by atoms with van der Waals surface area (Å²) in [4.78, 5) is 2.82. The van der Waals surface area contributed by atoms with Gasteiger partial charge in [-0.3, -0.25) is 4.90 Å². The Hall–Kier alpha value is -0.0400. The lowest BCUT2D eigenvalue weighted by Crippen LogP contribution is -2.30. The molecule has 0 bridgehead atoms. The molecule has 0 aromatic rings. The van der Waals surface area contributed by atoms with Crippen LogP contribution in [0.4, 0.5) is 0 Å². The third-order valence-electron chi connectivity index (χ3n) is 4.20. The fraction of sp³-hybridized carbons (Fsp3) is 1.00. The third-order valence-corrected chi connectivity index (χ3v) is 4.20. The average molecular weight is 135 g/mol. The second kappa shape index (κ2) is 1.18. The van der Waals surface area contributed by atoms with Crippen molar-refractivity contribution in [2.75, 3.05) is 6.54 Å². The van der Waals surface area contributed by atoms with Crippen LogP contribution in [0, 0.1) is 17.8 Å². The highest BCUT2D eigenvalue weighted by atomic mass is 15.3. The topological polar surface area (TPSA) is 3.24 Å². The lowest BCUT2D eigenvalue weighted by Gasteiger charge is -2.20. The molecule has 0 aromatic carbocycles. The Bertz CT molecular complexity index is 179. The summed E-state index contributed by atoms with van der Waals surface area (Å²) in [6, 6.07) is 2.16. The molecule has 2 aliphatic heterocycles. The Morgan fingerprint density at radius 1 is 0.900 bits per heavy atom. The molecular formula is C9H13N. The number of hydrogen-bond donors (Lipinski definition) is 0. The smallest absolute Gasteiger partial charge is 0.0133 e. The van der Waals surface area contributed by atoms with Crippen LogP contribution in [0.3, 0.4) is 0 Å². The maximum atomic E-state index is 2.82. The Kier molecular flexibility index (Phi) is 0.560. The highest BCUT2D eigenvalue weighted by Crippen LogP contribution is 2.61. The predicted molar refractivity (Wildman–Crippen MR) is 38.6 cm³/mol. The van der Waals surface area contributed by atoms with E-state index in [0.717, 1.165) is 23.9 Å². The van der Waals surface area contributed by atoms with Crippen LogP contribution in [0.15, 0.2) is 0 Å². The van der Waals surface area contributed by atoms with Crippen molar-refractivity contribution in [3.8, 4) is 0 Å². The predicted octanol–water partition coefficient (Wildman–Crippen LogP) is 1.10. The maximum Gasteiger partial charge on any atom is 0.0133 e. The quantitative estimate of drug-likeness (QED) is 0.481. The molecule has 5 atom stereocenters. The Morgan fingerprint density at radius 2 is 1.80 bits per heavy atom. The fourth-order valence-corrected chi connectivity index (χ4v) is 3.50. The molecule has 0 spiro atoms. The molecule has 10 heavy (non-hydrogen) atoms. The zero-order valence-corrected chi connectivity index (χ0v) is 6.16. The number of hydrogen-bond acceptors (Lipinski definition) is 1. The maximum absolute atomic E-state index is 2.82. The lowest BCUT2D eigenvalue weighted by molar-refractivity contribution is 0.244. The summed E-state index contributed by atoms with van der Waals surface area (Å²) in [6.45, 7) is 1.48. The fourth-order valence-electron chi connectivity index (χ4n) is 3.50. The van der Waals surface area contributed by atoms with Gasteiger partial charge in [0.25, 0.3) is 0 Å². The Morgan fingerprint density at radius 3 is 2.70 bits per heavy atom. The Labute approximate surface area is 61.4 Å². The first-order valence-corrected chi connectivity index (χ1v) is 4.69. The molecule has 5 unspecified atom stereocenters. The molecule has 0 aromatic heterocycles. The van der Waals surface area contributed by atoms with Crippen molar-refractivity contribution in [2.45, 2.75) is 31.3 Å². The van der Waals surface area contributed by atoms with Gasteiger partial charge in [-0.1, -0.05) is 0 Å². The standard InChI is InChI=1S/C9H13N/c1-6-4-10-8-2-5(8)3-9(10)7(1)6/h5-9H,1-4H2. The van der Waals surface area contributed by atoms with Gasteiger partial charge < -0.3 is 0 Å². The van der Waals surface area contributed by atoms with Gasteiger partial charge >= 0.3 is 0 Å². The number of rotatable bonds is 0. The van der Waals surface area contributed by atoms with Crippen LogP contribution in [-0.2, 0) is 0 Å². The van der Waals surface area contributed by atoms with Crippen LogP contribution in [0.2, 0.25) is 0 Å². The van der Waals surface area contributed by atoms with Crippen molar-refractivity contribution >= 4 is 0 Å². The van der Waals surface area contributed by atoms with Crippen LogP contribution in [-0.4, -0.2) is 23.5 Å². The van der Waals surface area contributed by atoms with Gasteiger partial charge in [-0.15, -0.1) is 0 Å². The van der Waals surface area contributed by atoms with Crippen molar-refractivity contribution < 1.29 is 0 Å². The molecule has 0 N–H and O–H groups in total. The highest BCUT2D eigenvalue weighted by Gasteiger charge is 2.63. The molecule has 2 aliphatic carbocycles. The van der Waals surface area contributed by atoms with Crippen LogP contribution < -0.4 is 0 Å². The summed E-state index contributed by atoms with van der Waals surface area (Å²) in [5.74, 6) is 3.49. The molecule has 54 valence electrons. The molecule has 2 saturated heterocycles. The minimum atomic E-state index is 1.08. The van der Waals surface area contributed by atoms with E-state index in [1.54, 1.807) is 19.3 Å².